The van der Waals surface area contributed by atoms with Gasteiger partial charge >= 0.3 is 0 Å². The molecule has 0 bridgehead atoms. The molecule has 0 saturated carbocycles. The van der Waals surface area contributed by atoms with Gasteiger partial charge in [0.25, 0.3) is 0 Å². The van der Waals surface area contributed by atoms with E-state index in [1.54, 1.807) is 19.5 Å². The Morgan fingerprint density at radius 2 is 1.97 bits per heavy atom. The summed E-state index contributed by atoms with van der Waals surface area (Å²) in [7, 11) is 1.58. The van der Waals surface area contributed by atoms with Crippen LogP contribution >= 0.6 is 0 Å². The van der Waals surface area contributed by atoms with Crippen LogP contribution in [0.1, 0.15) is 11.4 Å². The molecule has 0 unspecified atom stereocenters. The highest BCUT2D eigenvalue weighted by molar-refractivity contribution is 6.00. The fraction of sp³-hybridized carbons (Fsp3) is 0.182. The number of aliphatic hydroxyl groups is 1. The summed E-state index contributed by atoms with van der Waals surface area (Å²) in [5.41, 5.74) is 4.41. The SMILES string of the molecule is COc1ccc(-c2c(CO)n(Cc3ccccn3)c3cc4c(cc23)OCO4)cn1. The Morgan fingerprint density at radius 1 is 1.10 bits per heavy atom. The van der Waals surface area contributed by atoms with Crippen LogP contribution in [-0.2, 0) is 13.2 Å². The molecule has 7 nitrogen and oxygen atoms in total. The van der Waals surface area contributed by atoms with Gasteiger partial charge in [-0.2, -0.15) is 0 Å². The zero-order valence-corrected chi connectivity index (χ0v) is 15.8. The van der Waals surface area contributed by atoms with Crippen molar-refractivity contribution in [1.29, 1.82) is 0 Å². The van der Waals surface area contributed by atoms with Crippen molar-refractivity contribution in [1.82, 2.24) is 14.5 Å². The fourth-order valence-electron chi connectivity index (χ4n) is 3.76. The van der Waals surface area contributed by atoms with Crippen LogP contribution in [0.4, 0.5) is 0 Å². The van der Waals surface area contributed by atoms with Crippen molar-refractivity contribution in [3.05, 3.63) is 66.2 Å². The van der Waals surface area contributed by atoms with Crippen molar-refractivity contribution in [3.8, 4) is 28.5 Å². The van der Waals surface area contributed by atoms with E-state index >= 15 is 0 Å². The number of aromatic nitrogens is 3. The maximum absolute atomic E-state index is 10.3. The highest BCUT2D eigenvalue weighted by atomic mass is 16.7. The summed E-state index contributed by atoms with van der Waals surface area (Å²) in [6.07, 6.45) is 3.52. The van der Waals surface area contributed by atoms with Crippen LogP contribution in [0.3, 0.4) is 0 Å². The molecule has 1 aromatic carbocycles. The van der Waals surface area contributed by atoms with Gasteiger partial charge < -0.3 is 23.9 Å². The lowest BCUT2D eigenvalue weighted by Crippen LogP contribution is -2.06. The van der Waals surface area contributed by atoms with E-state index in [0.717, 1.165) is 33.4 Å². The van der Waals surface area contributed by atoms with Gasteiger partial charge in [0, 0.05) is 41.0 Å². The number of hydrogen-bond acceptors (Lipinski definition) is 6. The molecule has 0 saturated heterocycles. The third kappa shape index (κ3) is 2.96. The molecule has 0 radical (unpaired) electrons. The Balaban J connectivity index is 1.76. The highest BCUT2D eigenvalue weighted by Gasteiger charge is 2.23. The number of aliphatic hydroxyl groups excluding tert-OH is 1. The van der Waals surface area contributed by atoms with Crippen molar-refractivity contribution >= 4 is 10.9 Å². The Kier molecular flexibility index (Phi) is 4.29. The number of benzene rings is 1. The molecule has 0 amide bonds. The van der Waals surface area contributed by atoms with Crippen molar-refractivity contribution in [2.45, 2.75) is 13.2 Å². The predicted octanol–water partition coefficient (Wildman–Crippen LogP) is 3.38. The number of rotatable bonds is 5. The fourth-order valence-corrected chi connectivity index (χ4v) is 3.76. The average molecular weight is 389 g/mol. The molecule has 3 aromatic heterocycles. The van der Waals surface area contributed by atoms with Crippen LogP contribution in [0, 0.1) is 0 Å². The minimum atomic E-state index is -0.130. The molecule has 7 heteroatoms. The normalized spacial score (nSPS) is 12.5. The Morgan fingerprint density at radius 3 is 2.66 bits per heavy atom. The standard InChI is InChI=1S/C22H19N3O4/c1-27-21-6-5-14(10-24-21)22-16-8-19-20(29-13-28-19)9-17(16)25(18(22)12-26)11-15-4-2-3-7-23-15/h2-10,26H,11-13H2,1H3. The molecule has 1 aliphatic heterocycles. The van der Waals surface area contributed by atoms with Crippen LogP contribution in [0.2, 0.25) is 0 Å². The summed E-state index contributed by atoms with van der Waals surface area (Å²) in [5.74, 6) is 1.93. The third-order valence-corrected chi connectivity index (χ3v) is 5.10. The van der Waals surface area contributed by atoms with Crippen LogP contribution < -0.4 is 14.2 Å². The summed E-state index contributed by atoms with van der Waals surface area (Å²) < 4.78 is 18.4. The molecule has 1 aliphatic rings. The quantitative estimate of drug-likeness (QED) is 0.564. The molecule has 4 aromatic rings. The van der Waals surface area contributed by atoms with E-state index in [-0.39, 0.29) is 13.4 Å². The van der Waals surface area contributed by atoms with E-state index in [1.807, 2.05) is 42.5 Å². The second-order valence-electron chi connectivity index (χ2n) is 6.70. The molecule has 0 fully saturated rings. The summed E-state index contributed by atoms with van der Waals surface area (Å²) >= 11 is 0. The van der Waals surface area contributed by atoms with Gasteiger partial charge in [-0.15, -0.1) is 0 Å². The van der Waals surface area contributed by atoms with Gasteiger partial charge in [0.05, 0.1) is 37.2 Å². The summed E-state index contributed by atoms with van der Waals surface area (Å²) in [6.45, 7) is 0.597. The molecule has 0 spiro atoms. The first kappa shape index (κ1) is 17.5. The first-order valence-corrected chi connectivity index (χ1v) is 9.24. The van der Waals surface area contributed by atoms with Crippen LogP contribution in [-0.4, -0.2) is 33.5 Å². The van der Waals surface area contributed by atoms with Gasteiger partial charge in [-0.3, -0.25) is 4.98 Å². The van der Waals surface area contributed by atoms with Crippen molar-refractivity contribution in [2.24, 2.45) is 0 Å². The maximum atomic E-state index is 10.3. The molecule has 5 rings (SSSR count). The Hall–Kier alpha value is -3.58. The minimum Gasteiger partial charge on any atom is -0.481 e. The largest absolute Gasteiger partial charge is 0.481 e. The molecule has 146 valence electrons. The first-order valence-electron chi connectivity index (χ1n) is 9.24. The molecular formula is C22H19N3O4. The van der Waals surface area contributed by atoms with Gasteiger partial charge in [0.2, 0.25) is 12.7 Å². The van der Waals surface area contributed by atoms with Gasteiger partial charge in [-0.25, -0.2) is 4.98 Å². The van der Waals surface area contributed by atoms with Crippen molar-refractivity contribution < 1.29 is 19.3 Å². The van der Waals surface area contributed by atoms with E-state index < -0.39 is 0 Å². The smallest absolute Gasteiger partial charge is 0.231 e. The number of methoxy groups -OCH3 is 1. The molecular weight excluding hydrogens is 370 g/mol. The zero-order chi connectivity index (χ0) is 19.8. The average Bonchev–Trinajstić information content (AvgIpc) is 3.35. The maximum Gasteiger partial charge on any atom is 0.231 e. The van der Waals surface area contributed by atoms with Crippen LogP contribution in [0.15, 0.2) is 54.9 Å². The van der Waals surface area contributed by atoms with E-state index in [0.29, 0.717) is 23.9 Å². The number of ether oxygens (including phenoxy) is 3. The van der Waals surface area contributed by atoms with E-state index in [9.17, 15) is 5.11 Å². The minimum absolute atomic E-state index is 0.130. The van der Waals surface area contributed by atoms with E-state index in [4.69, 9.17) is 14.2 Å². The zero-order valence-electron chi connectivity index (χ0n) is 15.8. The topological polar surface area (TPSA) is 78.6 Å². The van der Waals surface area contributed by atoms with Crippen LogP contribution in [0.5, 0.6) is 17.4 Å². The van der Waals surface area contributed by atoms with E-state index in [2.05, 4.69) is 14.5 Å². The summed E-state index contributed by atoms with van der Waals surface area (Å²) in [4.78, 5) is 8.79. The second-order valence-corrected chi connectivity index (χ2v) is 6.70. The van der Waals surface area contributed by atoms with Crippen molar-refractivity contribution in [2.75, 3.05) is 13.9 Å². The van der Waals surface area contributed by atoms with E-state index in [1.165, 1.54) is 0 Å². The molecule has 29 heavy (non-hydrogen) atoms. The van der Waals surface area contributed by atoms with Gasteiger partial charge in [0.15, 0.2) is 11.5 Å². The Bertz CT molecular complexity index is 1170. The lowest BCUT2D eigenvalue weighted by atomic mass is 10.0. The van der Waals surface area contributed by atoms with Crippen LogP contribution in [0.25, 0.3) is 22.0 Å². The lowest BCUT2D eigenvalue weighted by Gasteiger charge is -2.10. The molecule has 0 atom stereocenters. The lowest BCUT2D eigenvalue weighted by molar-refractivity contribution is 0.174. The summed E-state index contributed by atoms with van der Waals surface area (Å²) in [5, 5.41) is 11.3. The number of pyridine rings is 2. The highest BCUT2D eigenvalue weighted by Crippen LogP contribution is 2.43. The molecule has 4 heterocycles. The number of hydrogen-bond donors (Lipinski definition) is 1. The molecule has 0 aliphatic carbocycles. The van der Waals surface area contributed by atoms with Gasteiger partial charge in [-0.1, -0.05) is 6.07 Å². The second kappa shape index (κ2) is 7.10. The third-order valence-electron chi connectivity index (χ3n) is 5.10. The number of fused-ring (bicyclic) bond motifs is 2. The summed E-state index contributed by atoms with van der Waals surface area (Å²) in [6, 6.07) is 13.5. The van der Waals surface area contributed by atoms with Gasteiger partial charge in [0.1, 0.15) is 0 Å². The Labute approximate surface area is 167 Å². The van der Waals surface area contributed by atoms with Crippen molar-refractivity contribution in [3.63, 3.8) is 0 Å². The van der Waals surface area contributed by atoms with Gasteiger partial charge in [-0.05, 0) is 24.3 Å². The number of nitrogens with zero attached hydrogens (tertiary/aromatic N) is 3. The first-order chi connectivity index (χ1) is 14.3. The predicted molar refractivity (Wildman–Crippen MR) is 107 cm³/mol. The molecule has 1 N–H and O–H groups in total. The monoisotopic (exact) mass is 389 g/mol.